The molecule has 0 bridgehead atoms. The van der Waals surface area contributed by atoms with E-state index in [1.165, 1.54) is 5.56 Å². The van der Waals surface area contributed by atoms with E-state index in [4.69, 9.17) is 16.3 Å². The molecule has 0 aromatic heterocycles. The predicted octanol–water partition coefficient (Wildman–Crippen LogP) is 4.63. The first-order valence-electron chi connectivity index (χ1n) is 9.11. The van der Waals surface area contributed by atoms with E-state index in [0.717, 1.165) is 41.3 Å². The van der Waals surface area contributed by atoms with Crippen LogP contribution in [0.5, 0.6) is 5.75 Å². The Bertz CT molecular complexity index is 846. The zero-order valence-corrected chi connectivity index (χ0v) is 17.1. The second-order valence-electron chi connectivity index (χ2n) is 7.00. The van der Waals surface area contributed by atoms with Crippen molar-refractivity contribution in [3.8, 4) is 5.75 Å². The van der Waals surface area contributed by atoms with E-state index in [1.54, 1.807) is 7.11 Å². The zero-order chi connectivity index (χ0) is 19.6. The molecule has 0 radical (unpaired) electrons. The van der Waals surface area contributed by atoms with Crippen molar-refractivity contribution in [3.63, 3.8) is 0 Å². The molecule has 0 spiro atoms. The Morgan fingerprint density at radius 3 is 2.37 bits per heavy atom. The second-order valence-corrected chi connectivity index (χ2v) is 7.40. The number of rotatable bonds is 3. The van der Waals surface area contributed by atoms with Crippen molar-refractivity contribution in [1.29, 1.82) is 0 Å². The Morgan fingerprint density at radius 1 is 1.04 bits per heavy atom. The molecule has 2 amide bonds. The first kappa shape index (κ1) is 19.4. The number of aryl methyl sites for hydroxylation is 3. The monoisotopic (exact) mass is 387 g/mol. The highest BCUT2D eigenvalue weighted by Gasteiger charge is 2.24. The van der Waals surface area contributed by atoms with Gasteiger partial charge in [0.2, 0.25) is 0 Å². The lowest BCUT2D eigenvalue weighted by molar-refractivity contribution is 0.208. The Labute approximate surface area is 165 Å². The minimum Gasteiger partial charge on any atom is -0.495 e. The predicted molar refractivity (Wildman–Crippen MR) is 111 cm³/mol. The van der Waals surface area contributed by atoms with Gasteiger partial charge in [0.05, 0.1) is 12.8 Å². The molecule has 3 rings (SSSR count). The van der Waals surface area contributed by atoms with Crippen molar-refractivity contribution in [2.75, 3.05) is 43.5 Å². The first-order valence-corrected chi connectivity index (χ1v) is 9.49. The third-order valence-corrected chi connectivity index (χ3v) is 5.40. The summed E-state index contributed by atoms with van der Waals surface area (Å²) in [7, 11) is 1.65. The third kappa shape index (κ3) is 4.30. The summed E-state index contributed by atoms with van der Waals surface area (Å²) in [5, 5.41) is 3.72. The summed E-state index contributed by atoms with van der Waals surface area (Å²) in [5.41, 5.74) is 5.16. The highest BCUT2D eigenvalue weighted by atomic mass is 35.5. The Morgan fingerprint density at radius 2 is 1.74 bits per heavy atom. The lowest BCUT2D eigenvalue weighted by Gasteiger charge is -2.36. The summed E-state index contributed by atoms with van der Waals surface area (Å²) >= 11 is 6.21. The number of piperazine rings is 1. The number of hydrogen-bond acceptors (Lipinski definition) is 3. The number of benzene rings is 2. The fraction of sp³-hybridized carbons (Fsp3) is 0.381. The van der Waals surface area contributed by atoms with Gasteiger partial charge in [0.1, 0.15) is 5.75 Å². The van der Waals surface area contributed by atoms with E-state index >= 15 is 0 Å². The summed E-state index contributed by atoms with van der Waals surface area (Å²) < 4.78 is 5.49. The van der Waals surface area contributed by atoms with Crippen LogP contribution < -0.4 is 15.0 Å². The van der Waals surface area contributed by atoms with Crippen molar-refractivity contribution in [2.45, 2.75) is 20.8 Å². The van der Waals surface area contributed by atoms with Crippen LogP contribution in [-0.2, 0) is 0 Å². The normalized spacial score (nSPS) is 14.3. The number of methoxy groups -OCH3 is 1. The quantitative estimate of drug-likeness (QED) is 0.835. The highest BCUT2D eigenvalue weighted by molar-refractivity contribution is 6.31. The molecule has 0 unspecified atom stereocenters. The summed E-state index contributed by atoms with van der Waals surface area (Å²) in [5.74, 6) is 0.763. The van der Waals surface area contributed by atoms with Gasteiger partial charge in [0.25, 0.3) is 0 Å². The van der Waals surface area contributed by atoms with E-state index in [-0.39, 0.29) is 6.03 Å². The number of carbonyl (C=O) groups excluding carboxylic acids is 1. The van der Waals surface area contributed by atoms with Crippen LogP contribution in [0, 0.1) is 20.8 Å². The van der Waals surface area contributed by atoms with Gasteiger partial charge in [-0.2, -0.15) is 0 Å². The van der Waals surface area contributed by atoms with Crippen molar-refractivity contribution in [2.24, 2.45) is 0 Å². The minimum atomic E-state index is -0.0548. The fourth-order valence-electron chi connectivity index (χ4n) is 3.36. The lowest BCUT2D eigenvalue weighted by Crippen LogP contribution is -2.50. The van der Waals surface area contributed by atoms with Gasteiger partial charge < -0.3 is 19.9 Å². The lowest BCUT2D eigenvalue weighted by atomic mass is 10.1. The van der Waals surface area contributed by atoms with Gasteiger partial charge in [0.15, 0.2) is 0 Å². The number of hydrogen-bond donors (Lipinski definition) is 1. The maximum absolute atomic E-state index is 12.6. The number of carbonyl (C=O) groups is 1. The van der Waals surface area contributed by atoms with Crippen LogP contribution in [-0.4, -0.2) is 44.2 Å². The van der Waals surface area contributed by atoms with Gasteiger partial charge in [-0.25, -0.2) is 4.79 Å². The van der Waals surface area contributed by atoms with Gasteiger partial charge >= 0.3 is 6.03 Å². The fourth-order valence-corrected chi connectivity index (χ4v) is 3.51. The van der Waals surface area contributed by atoms with Crippen molar-refractivity contribution in [1.82, 2.24) is 4.90 Å². The topological polar surface area (TPSA) is 44.8 Å². The van der Waals surface area contributed by atoms with Crippen LogP contribution in [0.3, 0.4) is 0 Å². The largest absolute Gasteiger partial charge is 0.495 e. The van der Waals surface area contributed by atoms with Crippen LogP contribution in [0.1, 0.15) is 16.7 Å². The van der Waals surface area contributed by atoms with Crippen molar-refractivity contribution >= 4 is 29.0 Å². The second kappa shape index (κ2) is 8.09. The van der Waals surface area contributed by atoms with Crippen LogP contribution in [0.15, 0.2) is 30.3 Å². The van der Waals surface area contributed by atoms with E-state index < -0.39 is 0 Å². The van der Waals surface area contributed by atoms with Gasteiger partial charge in [0, 0.05) is 43.0 Å². The van der Waals surface area contributed by atoms with Crippen LogP contribution >= 0.6 is 11.6 Å². The van der Waals surface area contributed by atoms with Gasteiger partial charge in [-0.1, -0.05) is 29.3 Å². The summed E-state index contributed by atoms with van der Waals surface area (Å²) in [4.78, 5) is 16.7. The van der Waals surface area contributed by atoms with Gasteiger partial charge in [-0.05, 0) is 44.0 Å². The molecule has 1 N–H and O–H groups in total. The van der Waals surface area contributed by atoms with Crippen molar-refractivity contribution in [3.05, 3.63) is 52.0 Å². The Hall–Kier alpha value is -2.40. The number of urea groups is 1. The number of nitrogens with one attached hydrogen (secondary N) is 1. The van der Waals surface area contributed by atoms with Crippen LogP contribution in [0.2, 0.25) is 5.02 Å². The average Bonchev–Trinajstić information content (AvgIpc) is 2.66. The molecule has 6 heteroatoms. The molecule has 1 saturated heterocycles. The van der Waals surface area contributed by atoms with Crippen LogP contribution in [0.25, 0.3) is 0 Å². The van der Waals surface area contributed by atoms with Gasteiger partial charge in [-0.3, -0.25) is 0 Å². The number of amides is 2. The molecule has 144 valence electrons. The number of nitrogens with zero attached hydrogens (tertiary/aromatic N) is 2. The zero-order valence-electron chi connectivity index (χ0n) is 16.3. The standard InChI is InChI=1S/C21H26ClN3O2/c1-14-5-6-18(16(3)11-14)23-21(26)25-9-7-24(8-10-25)19-12-15(2)17(22)13-20(19)27-4/h5-6,11-13H,7-10H2,1-4H3,(H,23,26). The molecular weight excluding hydrogens is 362 g/mol. The SMILES string of the molecule is COc1cc(Cl)c(C)cc1N1CCN(C(=O)Nc2ccc(C)cc2C)CC1. The molecule has 2 aromatic carbocycles. The highest BCUT2D eigenvalue weighted by Crippen LogP contribution is 2.34. The molecule has 1 fully saturated rings. The van der Waals surface area contributed by atoms with Crippen molar-refractivity contribution < 1.29 is 9.53 Å². The summed E-state index contributed by atoms with van der Waals surface area (Å²) in [6, 6.07) is 9.89. The third-order valence-electron chi connectivity index (χ3n) is 4.99. The molecule has 1 heterocycles. The molecule has 27 heavy (non-hydrogen) atoms. The number of anilines is 2. The van der Waals surface area contributed by atoms with Gasteiger partial charge in [-0.15, -0.1) is 0 Å². The Kier molecular flexibility index (Phi) is 5.80. The molecule has 1 aliphatic heterocycles. The number of halogens is 1. The molecule has 5 nitrogen and oxygen atoms in total. The molecule has 0 saturated carbocycles. The molecule has 0 atom stereocenters. The van der Waals surface area contributed by atoms with Crippen LogP contribution in [0.4, 0.5) is 16.2 Å². The number of ether oxygens (including phenoxy) is 1. The summed E-state index contributed by atoms with van der Waals surface area (Å²) in [6.07, 6.45) is 0. The smallest absolute Gasteiger partial charge is 0.321 e. The average molecular weight is 388 g/mol. The molecule has 0 aliphatic carbocycles. The maximum atomic E-state index is 12.6. The van der Waals surface area contributed by atoms with E-state index in [1.807, 2.05) is 49.9 Å². The van der Waals surface area contributed by atoms with E-state index in [9.17, 15) is 4.79 Å². The Balaban J connectivity index is 1.65. The minimum absolute atomic E-state index is 0.0548. The maximum Gasteiger partial charge on any atom is 0.321 e. The molecular formula is C21H26ClN3O2. The molecule has 1 aliphatic rings. The molecule has 2 aromatic rings. The van der Waals surface area contributed by atoms with E-state index in [2.05, 4.69) is 16.3 Å². The first-order chi connectivity index (χ1) is 12.9. The summed E-state index contributed by atoms with van der Waals surface area (Å²) in [6.45, 7) is 8.84. The van der Waals surface area contributed by atoms with E-state index in [0.29, 0.717) is 18.1 Å².